The number of nitrogens with zero attached hydrogens (tertiary/aromatic N) is 2. The van der Waals surface area contributed by atoms with E-state index >= 15 is 0 Å². The van der Waals surface area contributed by atoms with Gasteiger partial charge in [-0.3, -0.25) is 14.9 Å². The summed E-state index contributed by atoms with van der Waals surface area (Å²) in [6, 6.07) is 15.4. The maximum atomic E-state index is 11.8. The number of hydrazone groups is 1. The average molecular weight is 297 g/mol. The van der Waals surface area contributed by atoms with Crippen molar-refractivity contribution in [2.45, 2.75) is 13.3 Å². The minimum absolute atomic E-state index is 0.00195. The topological polar surface area (TPSA) is 84.6 Å². The molecule has 6 nitrogen and oxygen atoms in total. The zero-order valence-corrected chi connectivity index (χ0v) is 12.0. The number of non-ortho nitro benzene ring substituents is 1. The highest BCUT2D eigenvalue weighted by Gasteiger charge is 2.07. The summed E-state index contributed by atoms with van der Waals surface area (Å²) in [5.74, 6) is -0.274. The summed E-state index contributed by atoms with van der Waals surface area (Å²) < 4.78 is 0. The van der Waals surface area contributed by atoms with Crippen LogP contribution in [-0.4, -0.2) is 16.5 Å². The number of nitro groups is 1. The number of carbonyl (C=O) groups is 1. The number of amides is 1. The molecule has 6 heteroatoms. The summed E-state index contributed by atoms with van der Waals surface area (Å²) in [4.78, 5) is 21.9. The maximum absolute atomic E-state index is 11.8. The second kappa shape index (κ2) is 7.12. The van der Waals surface area contributed by atoms with Crippen LogP contribution >= 0.6 is 0 Å². The summed E-state index contributed by atoms with van der Waals surface area (Å²) in [5.41, 5.74) is 4.81. The summed E-state index contributed by atoms with van der Waals surface area (Å²) in [5, 5.41) is 14.6. The maximum Gasteiger partial charge on any atom is 0.269 e. The molecule has 0 radical (unpaired) electrons. The van der Waals surface area contributed by atoms with Crippen LogP contribution in [0.3, 0.4) is 0 Å². The Hall–Kier alpha value is -3.02. The molecule has 0 fully saturated rings. The third-order valence-electron chi connectivity index (χ3n) is 3.05. The number of rotatable bonds is 5. The molecule has 2 rings (SSSR count). The zero-order chi connectivity index (χ0) is 15.9. The molecule has 1 amide bonds. The van der Waals surface area contributed by atoms with Crippen LogP contribution in [0.4, 0.5) is 5.69 Å². The Kier molecular flexibility index (Phi) is 4.98. The van der Waals surface area contributed by atoms with Gasteiger partial charge in [-0.2, -0.15) is 5.10 Å². The molecule has 2 aromatic rings. The molecule has 0 aromatic heterocycles. The van der Waals surface area contributed by atoms with Crippen molar-refractivity contribution in [1.82, 2.24) is 5.43 Å². The van der Waals surface area contributed by atoms with Crippen molar-refractivity contribution in [3.63, 3.8) is 0 Å². The lowest BCUT2D eigenvalue weighted by molar-refractivity contribution is -0.384. The highest BCUT2D eigenvalue weighted by Crippen LogP contribution is 2.12. The van der Waals surface area contributed by atoms with Gasteiger partial charge in [0.05, 0.1) is 17.1 Å². The van der Waals surface area contributed by atoms with Crippen LogP contribution in [0.25, 0.3) is 0 Å². The number of nitro benzene ring substituents is 1. The molecule has 112 valence electrons. The van der Waals surface area contributed by atoms with Gasteiger partial charge in [-0.25, -0.2) is 5.43 Å². The van der Waals surface area contributed by atoms with E-state index in [4.69, 9.17) is 0 Å². The first-order chi connectivity index (χ1) is 10.6. The van der Waals surface area contributed by atoms with Crippen molar-refractivity contribution in [3.8, 4) is 0 Å². The molecular weight excluding hydrogens is 282 g/mol. The molecule has 0 spiro atoms. The van der Waals surface area contributed by atoms with Gasteiger partial charge in [-0.05, 0) is 18.1 Å². The van der Waals surface area contributed by atoms with Crippen molar-refractivity contribution in [3.05, 3.63) is 75.8 Å². The molecule has 0 heterocycles. The Balaban J connectivity index is 1.94. The van der Waals surface area contributed by atoms with Crippen molar-refractivity contribution in [2.24, 2.45) is 5.10 Å². The Labute approximate surface area is 127 Å². The fraction of sp³-hybridized carbons (Fsp3) is 0.125. The molecule has 1 N–H and O–H groups in total. The van der Waals surface area contributed by atoms with Crippen molar-refractivity contribution in [1.29, 1.82) is 0 Å². The van der Waals surface area contributed by atoms with Crippen LogP contribution in [0, 0.1) is 10.1 Å². The monoisotopic (exact) mass is 297 g/mol. The molecule has 0 aliphatic heterocycles. The fourth-order valence-corrected chi connectivity index (χ4v) is 1.85. The fourth-order valence-electron chi connectivity index (χ4n) is 1.85. The molecule has 0 aliphatic carbocycles. The Morgan fingerprint density at radius 3 is 2.36 bits per heavy atom. The minimum Gasteiger partial charge on any atom is -0.273 e. The Morgan fingerprint density at radius 2 is 1.77 bits per heavy atom. The molecule has 0 aliphatic rings. The van der Waals surface area contributed by atoms with Gasteiger partial charge in [0.25, 0.3) is 5.69 Å². The number of nitrogens with one attached hydrogen (secondary N) is 1. The van der Waals surface area contributed by atoms with Gasteiger partial charge in [0.15, 0.2) is 0 Å². The van der Waals surface area contributed by atoms with Crippen molar-refractivity contribution in [2.75, 3.05) is 0 Å². The molecule has 0 saturated carbocycles. The summed E-state index contributed by atoms with van der Waals surface area (Å²) in [7, 11) is 0. The summed E-state index contributed by atoms with van der Waals surface area (Å²) in [6.07, 6.45) is 0.115. The largest absolute Gasteiger partial charge is 0.273 e. The van der Waals surface area contributed by atoms with Crippen LogP contribution in [-0.2, 0) is 11.2 Å². The van der Waals surface area contributed by atoms with Crippen molar-refractivity contribution < 1.29 is 9.72 Å². The second-order valence-electron chi connectivity index (χ2n) is 4.70. The lowest BCUT2D eigenvalue weighted by atomic mass is 10.1. The van der Waals surface area contributed by atoms with E-state index in [1.807, 2.05) is 37.3 Å². The average Bonchev–Trinajstić information content (AvgIpc) is 2.54. The standard InChI is InChI=1S/C16H15N3O3/c1-12(14-5-3-2-4-6-14)17-18-16(20)11-13-7-9-15(10-8-13)19(21)22/h2-10H,11H2,1H3,(H,18,20). The van der Waals surface area contributed by atoms with E-state index in [0.29, 0.717) is 11.3 Å². The third kappa shape index (κ3) is 4.24. The van der Waals surface area contributed by atoms with Gasteiger partial charge in [0.2, 0.25) is 5.91 Å². The summed E-state index contributed by atoms with van der Waals surface area (Å²) >= 11 is 0. The van der Waals surface area contributed by atoms with Gasteiger partial charge in [-0.15, -0.1) is 0 Å². The highest BCUT2D eigenvalue weighted by molar-refractivity contribution is 5.99. The number of hydrogen-bond acceptors (Lipinski definition) is 4. The number of carbonyl (C=O) groups excluding carboxylic acids is 1. The molecule has 0 unspecified atom stereocenters. The van der Waals surface area contributed by atoms with Gasteiger partial charge in [0, 0.05) is 12.1 Å². The van der Waals surface area contributed by atoms with E-state index < -0.39 is 4.92 Å². The van der Waals surface area contributed by atoms with Crippen molar-refractivity contribution >= 4 is 17.3 Å². The molecule has 2 aromatic carbocycles. The number of benzene rings is 2. The smallest absolute Gasteiger partial charge is 0.269 e. The lowest BCUT2D eigenvalue weighted by Crippen LogP contribution is -2.21. The molecule has 0 saturated heterocycles. The molecule has 0 atom stereocenters. The first-order valence-corrected chi connectivity index (χ1v) is 6.68. The van der Waals surface area contributed by atoms with E-state index in [0.717, 1.165) is 5.56 Å². The highest BCUT2D eigenvalue weighted by atomic mass is 16.6. The summed E-state index contributed by atoms with van der Waals surface area (Å²) in [6.45, 7) is 1.81. The SMILES string of the molecule is CC(=NNC(=O)Cc1ccc([N+](=O)[O-])cc1)c1ccccc1. The molecular formula is C16H15N3O3. The predicted molar refractivity (Wildman–Crippen MR) is 83.6 cm³/mol. The van der Waals surface area contributed by atoms with E-state index in [9.17, 15) is 14.9 Å². The molecule has 0 bridgehead atoms. The first-order valence-electron chi connectivity index (χ1n) is 6.68. The third-order valence-corrected chi connectivity index (χ3v) is 3.05. The Morgan fingerprint density at radius 1 is 1.14 bits per heavy atom. The van der Waals surface area contributed by atoms with Crippen LogP contribution in [0.5, 0.6) is 0 Å². The lowest BCUT2D eigenvalue weighted by Gasteiger charge is -2.03. The first kappa shape index (κ1) is 15.4. The number of hydrogen-bond donors (Lipinski definition) is 1. The zero-order valence-electron chi connectivity index (χ0n) is 12.0. The quantitative estimate of drug-likeness (QED) is 0.523. The van der Waals surface area contributed by atoms with E-state index in [1.54, 1.807) is 12.1 Å². The Bertz CT molecular complexity index is 694. The van der Waals surface area contributed by atoms with Crippen LogP contribution < -0.4 is 5.43 Å². The normalized spacial score (nSPS) is 11.0. The van der Waals surface area contributed by atoms with E-state index in [2.05, 4.69) is 10.5 Å². The van der Waals surface area contributed by atoms with Crippen LogP contribution in [0.15, 0.2) is 59.7 Å². The molecule has 22 heavy (non-hydrogen) atoms. The van der Waals surface area contributed by atoms with E-state index in [1.165, 1.54) is 12.1 Å². The second-order valence-corrected chi connectivity index (χ2v) is 4.70. The van der Waals surface area contributed by atoms with Gasteiger partial charge in [0.1, 0.15) is 0 Å². The van der Waals surface area contributed by atoms with Gasteiger partial charge in [-0.1, -0.05) is 42.5 Å². The van der Waals surface area contributed by atoms with E-state index in [-0.39, 0.29) is 18.0 Å². The minimum atomic E-state index is -0.475. The predicted octanol–water partition coefficient (Wildman–Crippen LogP) is 2.68. The van der Waals surface area contributed by atoms with Gasteiger partial charge >= 0.3 is 0 Å². The van der Waals surface area contributed by atoms with Crippen LogP contribution in [0.2, 0.25) is 0 Å². The van der Waals surface area contributed by atoms with Crippen LogP contribution in [0.1, 0.15) is 18.1 Å². The van der Waals surface area contributed by atoms with Gasteiger partial charge < -0.3 is 0 Å².